The van der Waals surface area contributed by atoms with E-state index < -0.39 is 10.0 Å². The molecule has 1 N–H and O–H groups in total. The number of sulfonamides is 1. The molecular formula is C18H23N3O4S. The Morgan fingerprint density at radius 3 is 2.96 bits per heavy atom. The van der Waals surface area contributed by atoms with Crippen molar-refractivity contribution in [3.05, 3.63) is 23.8 Å². The van der Waals surface area contributed by atoms with Gasteiger partial charge in [-0.25, -0.2) is 0 Å². The number of carbonyl (C=O) groups excluding carboxylic acids is 1. The van der Waals surface area contributed by atoms with Gasteiger partial charge in [-0.15, -0.1) is 4.40 Å². The molecule has 0 saturated carbocycles. The van der Waals surface area contributed by atoms with Gasteiger partial charge in [-0.05, 0) is 43.9 Å². The van der Waals surface area contributed by atoms with E-state index in [1.165, 1.54) is 6.07 Å². The Kier molecular flexibility index (Phi) is 4.71. The van der Waals surface area contributed by atoms with E-state index in [4.69, 9.17) is 4.74 Å². The fourth-order valence-electron chi connectivity index (χ4n) is 3.74. The zero-order chi connectivity index (χ0) is 18.1. The van der Waals surface area contributed by atoms with E-state index in [1.807, 2.05) is 4.90 Å². The van der Waals surface area contributed by atoms with Gasteiger partial charge in [-0.2, -0.15) is 8.42 Å². The summed E-state index contributed by atoms with van der Waals surface area (Å²) in [7, 11) is -3.77. The number of nitrogens with zero attached hydrogens (tertiary/aromatic N) is 2. The van der Waals surface area contributed by atoms with Gasteiger partial charge in [0.15, 0.2) is 0 Å². The predicted molar refractivity (Wildman–Crippen MR) is 98.2 cm³/mol. The van der Waals surface area contributed by atoms with Crippen molar-refractivity contribution in [2.24, 2.45) is 4.40 Å². The highest BCUT2D eigenvalue weighted by molar-refractivity contribution is 7.90. The highest BCUT2D eigenvalue weighted by Crippen LogP contribution is 2.34. The van der Waals surface area contributed by atoms with Crippen molar-refractivity contribution in [1.82, 2.24) is 5.32 Å². The van der Waals surface area contributed by atoms with Crippen molar-refractivity contribution in [2.75, 3.05) is 24.6 Å². The fraction of sp³-hybridized carbons (Fsp3) is 0.556. The lowest BCUT2D eigenvalue weighted by atomic mass is 10.1. The molecule has 1 amide bonds. The van der Waals surface area contributed by atoms with E-state index in [-0.39, 0.29) is 16.9 Å². The first kappa shape index (κ1) is 17.5. The highest BCUT2D eigenvalue weighted by atomic mass is 32.2. The minimum Gasteiger partial charge on any atom is -0.376 e. The molecule has 1 aromatic rings. The summed E-state index contributed by atoms with van der Waals surface area (Å²) < 4.78 is 34.7. The smallest absolute Gasteiger partial charge is 0.286 e. The third-order valence-electron chi connectivity index (χ3n) is 5.12. The topological polar surface area (TPSA) is 88.1 Å². The Bertz CT molecular complexity index is 844. The monoisotopic (exact) mass is 377 g/mol. The Morgan fingerprint density at radius 2 is 2.15 bits per heavy atom. The van der Waals surface area contributed by atoms with Gasteiger partial charge in [-0.3, -0.25) is 4.79 Å². The normalized spacial score (nSPS) is 24.2. The lowest BCUT2D eigenvalue weighted by Crippen LogP contribution is -2.36. The number of hydrogen-bond donors (Lipinski definition) is 1. The molecule has 1 atom stereocenters. The number of rotatable bonds is 3. The minimum atomic E-state index is -3.77. The lowest BCUT2D eigenvalue weighted by Gasteiger charge is -2.29. The zero-order valence-electron chi connectivity index (χ0n) is 14.6. The second-order valence-corrected chi connectivity index (χ2v) is 8.54. The van der Waals surface area contributed by atoms with Crippen molar-refractivity contribution >= 4 is 27.5 Å². The minimum absolute atomic E-state index is 0.0459. The summed E-state index contributed by atoms with van der Waals surface area (Å²) in [5, 5.41) is 2.83. The summed E-state index contributed by atoms with van der Waals surface area (Å²) >= 11 is 0. The van der Waals surface area contributed by atoms with Crippen LogP contribution in [0.1, 0.15) is 48.9 Å². The third kappa shape index (κ3) is 3.35. The second-order valence-electron chi connectivity index (χ2n) is 6.97. The molecule has 8 heteroatoms. The number of fused-ring (bicyclic) bond motifs is 3. The van der Waals surface area contributed by atoms with E-state index in [0.717, 1.165) is 45.3 Å². The van der Waals surface area contributed by atoms with Gasteiger partial charge in [0.05, 0.1) is 11.8 Å². The molecule has 4 rings (SSSR count). The number of benzene rings is 1. The van der Waals surface area contributed by atoms with Crippen LogP contribution in [-0.2, 0) is 14.8 Å². The van der Waals surface area contributed by atoms with Gasteiger partial charge < -0.3 is 15.0 Å². The van der Waals surface area contributed by atoms with Crippen LogP contribution < -0.4 is 10.2 Å². The van der Waals surface area contributed by atoms with Crippen LogP contribution in [0.4, 0.5) is 5.69 Å². The Hall–Kier alpha value is -1.93. The van der Waals surface area contributed by atoms with Gasteiger partial charge in [0.2, 0.25) is 0 Å². The van der Waals surface area contributed by atoms with Crippen LogP contribution in [-0.4, -0.2) is 46.0 Å². The summed E-state index contributed by atoms with van der Waals surface area (Å²) in [6, 6.07) is 4.86. The lowest BCUT2D eigenvalue weighted by molar-refractivity contribution is 0.0857. The number of hydrogen-bond acceptors (Lipinski definition) is 5. The summed E-state index contributed by atoms with van der Waals surface area (Å²) in [5.41, 5.74) is 0.964. The van der Waals surface area contributed by atoms with Gasteiger partial charge in [-0.1, -0.05) is 6.42 Å². The SMILES string of the molecule is O=C(NC[C@@H]1CCCO1)c1ccc2c(c1)S(=O)(=O)N=C1CCCCCN12. The maximum absolute atomic E-state index is 12.6. The van der Waals surface area contributed by atoms with E-state index in [0.29, 0.717) is 30.1 Å². The predicted octanol–water partition coefficient (Wildman–Crippen LogP) is 2.08. The molecule has 3 aliphatic heterocycles. The summed E-state index contributed by atoms with van der Waals surface area (Å²) in [4.78, 5) is 14.5. The number of amides is 1. The summed E-state index contributed by atoms with van der Waals surface area (Å²) in [6.07, 6.45) is 5.67. The van der Waals surface area contributed by atoms with Crippen LogP contribution in [0.15, 0.2) is 27.5 Å². The molecule has 0 aliphatic carbocycles. The van der Waals surface area contributed by atoms with Crippen LogP contribution in [0.25, 0.3) is 0 Å². The standard InChI is InChI=1S/C18H23N3O4S/c22-18(19-12-14-5-4-10-25-14)13-7-8-15-16(11-13)26(23,24)20-17-6-2-1-3-9-21(15)17/h7-8,11,14H,1-6,9-10,12H2,(H,19,22)/t14-/m0/s1. The fourth-order valence-corrected chi connectivity index (χ4v) is 5.02. The maximum atomic E-state index is 12.6. The molecular weight excluding hydrogens is 354 g/mol. The largest absolute Gasteiger partial charge is 0.376 e. The van der Waals surface area contributed by atoms with E-state index in [9.17, 15) is 13.2 Å². The molecule has 0 bridgehead atoms. The molecule has 7 nitrogen and oxygen atoms in total. The highest BCUT2D eigenvalue weighted by Gasteiger charge is 2.32. The number of ether oxygens (including phenoxy) is 1. The molecule has 0 spiro atoms. The zero-order valence-corrected chi connectivity index (χ0v) is 15.4. The molecule has 2 saturated heterocycles. The number of amidine groups is 1. The van der Waals surface area contributed by atoms with Gasteiger partial charge in [0, 0.05) is 31.7 Å². The average molecular weight is 377 g/mol. The van der Waals surface area contributed by atoms with Crippen LogP contribution in [0.5, 0.6) is 0 Å². The first-order valence-electron chi connectivity index (χ1n) is 9.20. The number of carbonyl (C=O) groups is 1. The molecule has 0 radical (unpaired) electrons. The van der Waals surface area contributed by atoms with Crippen LogP contribution in [0.2, 0.25) is 0 Å². The van der Waals surface area contributed by atoms with Crippen molar-refractivity contribution < 1.29 is 17.9 Å². The van der Waals surface area contributed by atoms with Crippen molar-refractivity contribution in [2.45, 2.75) is 49.5 Å². The molecule has 1 aromatic carbocycles. The van der Waals surface area contributed by atoms with E-state index >= 15 is 0 Å². The Balaban J connectivity index is 1.59. The van der Waals surface area contributed by atoms with Crippen molar-refractivity contribution in [1.29, 1.82) is 0 Å². The van der Waals surface area contributed by atoms with Gasteiger partial charge >= 0.3 is 0 Å². The first-order chi connectivity index (χ1) is 12.5. The third-order valence-corrected chi connectivity index (χ3v) is 6.46. The van der Waals surface area contributed by atoms with Gasteiger partial charge in [0.1, 0.15) is 10.7 Å². The van der Waals surface area contributed by atoms with Crippen molar-refractivity contribution in [3.8, 4) is 0 Å². The Labute approximate surface area is 153 Å². The number of anilines is 1. The molecule has 0 unspecified atom stereocenters. The van der Waals surface area contributed by atoms with Crippen LogP contribution >= 0.6 is 0 Å². The molecule has 0 aromatic heterocycles. The van der Waals surface area contributed by atoms with E-state index in [1.54, 1.807) is 12.1 Å². The maximum Gasteiger partial charge on any atom is 0.286 e. The quantitative estimate of drug-likeness (QED) is 0.871. The molecule has 26 heavy (non-hydrogen) atoms. The molecule has 3 heterocycles. The second kappa shape index (κ2) is 7.00. The Morgan fingerprint density at radius 1 is 1.27 bits per heavy atom. The number of nitrogens with one attached hydrogen (secondary N) is 1. The molecule has 3 aliphatic rings. The average Bonchev–Trinajstić information content (AvgIpc) is 3.04. The summed E-state index contributed by atoms with van der Waals surface area (Å²) in [6.45, 7) is 1.93. The van der Waals surface area contributed by atoms with Crippen LogP contribution in [0, 0.1) is 0 Å². The van der Waals surface area contributed by atoms with E-state index in [2.05, 4.69) is 9.71 Å². The molecule has 2 fully saturated rings. The van der Waals surface area contributed by atoms with Gasteiger partial charge in [0.25, 0.3) is 15.9 Å². The first-order valence-corrected chi connectivity index (χ1v) is 10.6. The molecule has 140 valence electrons. The van der Waals surface area contributed by atoms with Crippen LogP contribution in [0.3, 0.4) is 0 Å². The van der Waals surface area contributed by atoms with Crippen molar-refractivity contribution in [3.63, 3.8) is 0 Å². The summed E-state index contributed by atoms with van der Waals surface area (Å²) in [5.74, 6) is 0.328.